The zero-order valence-corrected chi connectivity index (χ0v) is 33.3. The number of aromatic nitrogens is 4. The predicted octanol–water partition coefficient (Wildman–Crippen LogP) is 15.0. The fraction of sp³-hybridized carbons (Fsp3) is 0. The molecule has 288 valence electrons. The Morgan fingerprint density at radius 1 is 0.323 bits per heavy atom. The molecule has 0 unspecified atom stereocenters. The van der Waals surface area contributed by atoms with Gasteiger partial charge in [0.1, 0.15) is 11.2 Å². The molecule has 0 aliphatic rings. The molecule has 13 rings (SSSR count). The van der Waals surface area contributed by atoms with Crippen molar-refractivity contribution < 1.29 is 4.42 Å². The number of benzene rings is 10. The van der Waals surface area contributed by atoms with Gasteiger partial charge in [0.2, 0.25) is 0 Å². The minimum Gasteiger partial charge on any atom is -0.456 e. The van der Waals surface area contributed by atoms with E-state index >= 15 is 0 Å². The molecule has 62 heavy (non-hydrogen) atoms. The Morgan fingerprint density at radius 3 is 1.74 bits per heavy atom. The third kappa shape index (κ3) is 5.38. The van der Waals surface area contributed by atoms with Gasteiger partial charge in [0.05, 0.1) is 11.0 Å². The molecular weight excluding hydrogens is 757 g/mol. The molecule has 10 aromatic carbocycles. The van der Waals surface area contributed by atoms with Gasteiger partial charge in [-0.3, -0.25) is 0 Å². The summed E-state index contributed by atoms with van der Waals surface area (Å²) in [4.78, 5) is 15.9. The fourth-order valence-corrected chi connectivity index (χ4v) is 9.51. The van der Waals surface area contributed by atoms with Crippen molar-refractivity contribution >= 4 is 76.1 Å². The van der Waals surface area contributed by atoms with E-state index < -0.39 is 0 Å². The van der Waals surface area contributed by atoms with E-state index in [0.717, 1.165) is 77.1 Å². The van der Waals surface area contributed by atoms with Gasteiger partial charge in [0.25, 0.3) is 0 Å². The summed E-state index contributed by atoms with van der Waals surface area (Å²) in [5.41, 5.74) is 10.0. The molecule has 3 heterocycles. The average Bonchev–Trinajstić information content (AvgIpc) is 3.88. The van der Waals surface area contributed by atoms with E-state index in [2.05, 4.69) is 205 Å². The van der Waals surface area contributed by atoms with Crippen LogP contribution in [-0.2, 0) is 0 Å². The maximum absolute atomic E-state index is 6.41. The average molecular weight is 791 g/mol. The number of fused-ring (bicyclic) bond motifs is 10. The monoisotopic (exact) mass is 790 g/mol. The molecular formula is C57H34N4O. The molecule has 3 aromatic heterocycles. The summed E-state index contributed by atoms with van der Waals surface area (Å²) in [5, 5.41) is 11.6. The van der Waals surface area contributed by atoms with Gasteiger partial charge in [-0.1, -0.05) is 146 Å². The third-order valence-electron chi connectivity index (χ3n) is 12.4. The standard InChI is InChI=1S/C57H34N4O/c1-2-16-41(17-3-1)61-50-23-11-10-21-45(50)54-46(22-12-24-51(54)61)57-59-55(36-27-25-35(26-28-36)47-32-39-15-6-7-18-42(39)43-19-8-9-20-44(43)47)58-56(60-57)40-29-30-52-48(33-40)49-31-37-13-4-5-14-38(37)34-53(49)62-52/h1-34H. The molecule has 0 fully saturated rings. The van der Waals surface area contributed by atoms with Crippen molar-refractivity contribution in [3.05, 3.63) is 206 Å². The van der Waals surface area contributed by atoms with Crippen molar-refractivity contribution in [3.63, 3.8) is 0 Å². The van der Waals surface area contributed by atoms with Crippen molar-refractivity contribution in [2.75, 3.05) is 0 Å². The van der Waals surface area contributed by atoms with Crippen molar-refractivity contribution in [2.45, 2.75) is 0 Å². The number of hydrogen-bond donors (Lipinski definition) is 0. The van der Waals surface area contributed by atoms with Crippen molar-refractivity contribution in [1.82, 2.24) is 19.5 Å². The molecule has 0 atom stereocenters. The highest BCUT2D eigenvalue weighted by Crippen LogP contribution is 2.40. The van der Waals surface area contributed by atoms with Gasteiger partial charge in [-0.05, 0) is 104 Å². The molecule has 0 aliphatic carbocycles. The zero-order chi connectivity index (χ0) is 40.7. The highest BCUT2D eigenvalue weighted by molar-refractivity contribution is 6.16. The first kappa shape index (κ1) is 34.5. The minimum absolute atomic E-state index is 0.593. The molecule has 0 aliphatic heterocycles. The maximum Gasteiger partial charge on any atom is 0.164 e. The van der Waals surface area contributed by atoms with Crippen LogP contribution in [0.4, 0.5) is 0 Å². The van der Waals surface area contributed by atoms with Crippen molar-refractivity contribution in [2.24, 2.45) is 0 Å². The molecule has 5 nitrogen and oxygen atoms in total. The van der Waals surface area contributed by atoms with Gasteiger partial charge >= 0.3 is 0 Å². The van der Waals surface area contributed by atoms with Crippen molar-refractivity contribution in [3.8, 4) is 51.0 Å². The lowest BCUT2D eigenvalue weighted by Crippen LogP contribution is -2.00. The van der Waals surface area contributed by atoms with Gasteiger partial charge in [-0.15, -0.1) is 0 Å². The number of furan rings is 1. The van der Waals surface area contributed by atoms with E-state index in [0.29, 0.717) is 17.5 Å². The van der Waals surface area contributed by atoms with Gasteiger partial charge < -0.3 is 8.98 Å². The topological polar surface area (TPSA) is 56.7 Å². The Bertz CT molecular complexity index is 3920. The smallest absolute Gasteiger partial charge is 0.164 e. The Hall–Kier alpha value is -8.41. The number of para-hydroxylation sites is 2. The molecule has 0 radical (unpaired) electrons. The van der Waals surface area contributed by atoms with Crippen LogP contribution >= 0.6 is 0 Å². The van der Waals surface area contributed by atoms with E-state index in [1.807, 2.05) is 6.07 Å². The summed E-state index contributed by atoms with van der Waals surface area (Å²) >= 11 is 0. The largest absolute Gasteiger partial charge is 0.456 e. The molecule has 0 bridgehead atoms. The molecule has 0 amide bonds. The van der Waals surface area contributed by atoms with Crippen LogP contribution in [0.5, 0.6) is 0 Å². The molecule has 5 heteroatoms. The van der Waals surface area contributed by atoms with Crippen LogP contribution in [0.2, 0.25) is 0 Å². The van der Waals surface area contributed by atoms with Crippen LogP contribution < -0.4 is 0 Å². The highest BCUT2D eigenvalue weighted by atomic mass is 16.3. The lowest BCUT2D eigenvalue weighted by atomic mass is 9.93. The lowest BCUT2D eigenvalue weighted by Gasteiger charge is -2.12. The molecule has 13 aromatic rings. The summed E-state index contributed by atoms with van der Waals surface area (Å²) in [6, 6.07) is 72.8. The SMILES string of the molecule is c1ccc(-n2c3ccccc3c3c(-c4nc(-c5ccc(-c6cc7ccccc7c7ccccc67)cc5)nc(-c5ccc6oc7cc8ccccc8cc7c6c5)n4)cccc32)cc1. The first-order chi connectivity index (χ1) is 30.7. The van der Waals surface area contributed by atoms with E-state index in [1.165, 1.54) is 32.5 Å². The normalized spacial score (nSPS) is 11.9. The van der Waals surface area contributed by atoms with Gasteiger partial charge in [-0.2, -0.15) is 0 Å². The predicted molar refractivity (Wildman–Crippen MR) is 256 cm³/mol. The number of nitrogens with zero attached hydrogens (tertiary/aromatic N) is 4. The van der Waals surface area contributed by atoms with Gasteiger partial charge in [0, 0.05) is 43.9 Å². The molecule has 0 spiro atoms. The minimum atomic E-state index is 0.593. The first-order valence-corrected chi connectivity index (χ1v) is 20.9. The molecule has 0 saturated heterocycles. The lowest BCUT2D eigenvalue weighted by molar-refractivity contribution is 0.669. The summed E-state index contributed by atoms with van der Waals surface area (Å²) in [7, 11) is 0. The van der Waals surface area contributed by atoms with E-state index in [1.54, 1.807) is 0 Å². The van der Waals surface area contributed by atoms with Crippen LogP contribution in [0, 0.1) is 0 Å². The number of hydrogen-bond acceptors (Lipinski definition) is 4. The Labute approximate surface area is 355 Å². The van der Waals surface area contributed by atoms with Crippen LogP contribution in [0.15, 0.2) is 211 Å². The summed E-state index contributed by atoms with van der Waals surface area (Å²) in [5.74, 6) is 1.81. The van der Waals surface area contributed by atoms with Gasteiger partial charge in [-0.25, -0.2) is 15.0 Å². The van der Waals surface area contributed by atoms with Crippen molar-refractivity contribution in [1.29, 1.82) is 0 Å². The second kappa shape index (κ2) is 13.6. The quantitative estimate of drug-likeness (QED) is 0.163. The van der Waals surface area contributed by atoms with E-state index in [4.69, 9.17) is 19.4 Å². The Kier molecular flexibility index (Phi) is 7.54. The van der Waals surface area contributed by atoms with E-state index in [9.17, 15) is 0 Å². The van der Waals surface area contributed by atoms with Crippen LogP contribution in [-0.4, -0.2) is 19.5 Å². The van der Waals surface area contributed by atoms with E-state index in [-0.39, 0.29) is 0 Å². The van der Waals surface area contributed by atoms with Crippen LogP contribution in [0.1, 0.15) is 0 Å². The van der Waals surface area contributed by atoms with Gasteiger partial charge in [0.15, 0.2) is 17.5 Å². The van der Waals surface area contributed by atoms with Crippen LogP contribution in [0.25, 0.3) is 127 Å². The third-order valence-corrected chi connectivity index (χ3v) is 12.4. The Balaban J connectivity index is 1.02. The first-order valence-electron chi connectivity index (χ1n) is 20.9. The second-order valence-electron chi connectivity index (χ2n) is 16.0. The zero-order valence-electron chi connectivity index (χ0n) is 33.3. The van der Waals surface area contributed by atoms with Crippen LogP contribution in [0.3, 0.4) is 0 Å². The summed E-state index contributed by atoms with van der Waals surface area (Å²) in [6.45, 7) is 0. The Morgan fingerprint density at radius 2 is 0.919 bits per heavy atom. The number of rotatable bonds is 5. The molecule has 0 saturated carbocycles. The highest BCUT2D eigenvalue weighted by Gasteiger charge is 2.21. The fourth-order valence-electron chi connectivity index (χ4n) is 9.51. The summed E-state index contributed by atoms with van der Waals surface area (Å²) in [6.07, 6.45) is 0. The maximum atomic E-state index is 6.41. The second-order valence-corrected chi connectivity index (χ2v) is 16.0. The molecule has 0 N–H and O–H groups in total. The summed E-state index contributed by atoms with van der Waals surface area (Å²) < 4.78 is 8.74.